The van der Waals surface area contributed by atoms with Crippen LogP contribution in [0.15, 0.2) is 60.0 Å². The molecule has 0 radical (unpaired) electrons. The highest BCUT2D eigenvalue weighted by molar-refractivity contribution is 7.92. The number of rotatable bonds is 5. The molecule has 2 fully saturated rings. The fraction of sp³-hybridized carbons (Fsp3) is 0.304. The third-order valence-electron chi connectivity index (χ3n) is 5.78. The number of carbonyl (C=O) groups is 2. The van der Waals surface area contributed by atoms with Crippen molar-refractivity contribution in [1.29, 1.82) is 0 Å². The van der Waals surface area contributed by atoms with Gasteiger partial charge in [-0.3, -0.25) is 9.59 Å². The lowest BCUT2D eigenvalue weighted by molar-refractivity contribution is -0.140. The molecule has 0 bridgehead atoms. The number of benzene rings is 2. The molecule has 4 rings (SSSR count). The van der Waals surface area contributed by atoms with E-state index in [1.165, 1.54) is 9.71 Å². The summed E-state index contributed by atoms with van der Waals surface area (Å²) in [6.45, 7) is 1.41. The van der Waals surface area contributed by atoms with E-state index in [1.54, 1.807) is 40.1 Å². The summed E-state index contributed by atoms with van der Waals surface area (Å²) in [5.74, 6) is -1.19. The third-order valence-corrected chi connectivity index (χ3v) is 7.60. The molecule has 2 aromatic rings. The Labute approximate surface area is 192 Å². The van der Waals surface area contributed by atoms with Crippen molar-refractivity contribution in [2.45, 2.75) is 6.42 Å². The second-order valence-electron chi connectivity index (χ2n) is 7.79. The molecular formula is C23H24ClN3O4S. The molecule has 32 heavy (non-hydrogen) atoms. The van der Waals surface area contributed by atoms with Crippen LogP contribution in [-0.4, -0.2) is 62.2 Å². The predicted molar refractivity (Wildman–Crippen MR) is 124 cm³/mol. The van der Waals surface area contributed by atoms with E-state index < -0.39 is 15.9 Å². The van der Waals surface area contributed by atoms with Crippen LogP contribution < -0.4 is 4.90 Å². The van der Waals surface area contributed by atoms with Gasteiger partial charge in [0.2, 0.25) is 21.8 Å². The van der Waals surface area contributed by atoms with E-state index in [-0.39, 0.29) is 38.0 Å². The molecule has 2 aromatic carbocycles. The number of sulfonamides is 1. The number of anilines is 1. The first-order chi connectivity index (χ1) is 15.3. The van der Waals surface area contributed by atoms with E-state index in [0.29, 0.717) is 18.0 Å². The Morgan fingerprint density at radius 2 is 1.59 bits per heavy atom. The van der Waals surface area contributed by atoms with Gasteiger partial charge >= 0.3 is 0 Å². The highest BCUT2D eigenvalue weighted by Gasteiger charge is 2.40. The fourth-order valence-corrected chi connectivity index (χ4v) is 5.28. The lowest BCUT2D eigenvalue weighted by Crippen LogP contribution is -2.52. The Hall–Kier alpha value is -2.68. The SMILES string of the molecule is O=C(C1CCN(c2ccc(Cl)cc2)C1=O)N1CCN(S(=O)(=O)/C=C/c2ccccc2)CC1. The molecule has 2 heterocycles. The van der Waals surface area contributed by atoms with Crippen LogP contribution in [0, 0.1) is 5.92 Å². The van der Waals surface area contributed by atoms with Crippen molar-refractivity contribution in [2.24, 2.45) is 5.92 Å². The zero-order valence-electron chi connectivity index (χ0n) is 17.4. The molecule has 0 spiro atoms. The predicted octanol–water partition coefficient (Wildman–Crippen LogP) is 2.84. The van der Waals surface area contributed by atoms with Gasteiger partial charge in [0.05, 0.1) is 0 Å². The Morgan fingerprint density at radius 3 is 2.25 bits per heavy atom. The second-order valence-corrected chi connectivity index (χ2v) is 10.0. The van der Waals surface area contributed by atoms with E-state index in [4.69, 9.17) is 11.6 Å². The number of hydrogen-bond acceptors (Lipinski definition) is 4. The van der Waals surface area contributed by atoms with Crippen LogP contribution in [-0.2, 0) is 19.6 Å². The average Bonchev–Trinajstić information content (AvgIpc) is 3.20. The van der Waals surface area contributed by atoms with Crippen LogP contribution in [0.2, 0.25) is 5.02 Å². The van der Waals surface area contributed by atoms with Gasteiger partial charge in [-0.2, -0.15) is 4.31 Å². The van der Waals surface area contributed by atoms with Gasteiger partial charge in [0.1, 0.15) is 5.92 Å². The molecular weight excluding hydrogens is 450 g/mol. The number of nitrogens with zero attached hydrogens (tertiary/aromatic N) is 3. The van der Waals surface area contributed by atoms with Crippen LogP contribution in [0.25, 0.3) is 6.08 Å². The van der Waals surface area contributed by atoms with E-state index in [1.807, 2.05) is 30.3 Å². The number of halogens is 1. The molecule has 0 aromatic heterocycles. The van der Waals surface area contributed by atoms with Gasteiger partial charge in [-0.05, 0) is 42.3 Å². The molecule has 0 aliphatic carbocycles. The molecule has 0 N–H and O–H groups in total. The van der Waals surface area contributed by atoms with Gasteiger partial charge in [0, 0.05) is 48.8 Å². The first-order valence-corrected chi connectivity index (χ1v) is 12.3. The minimum absolute atomic E-state index is 0.203. The van der Waals surface area contributed by atoms with Gasteiger partial charge in [-0.25, -0.2) is 8.42 Å². The molecule has 2 aliphatic rings. The molecule has 168 valence electrons. The third kappa shape index (κ3) is 4.87. The van der Waals surface area contributed by atoms with Gasteiger partial charge in [0.15, 0.2) is 0 Å². The Morgan fingerprint density at radius 1 is 0.938 bits per heavy atom. The maximum absolute atomic E-state index is 13.0. The monoisotopic (exact) mass is 473 g/mol. The average molecular weight is 474 g/mol. The smallest absolute Gasteiger partial charge is 0.239 e. The molecule has 1 atom stereocenters. The molecule has 2 saturated heterocycles. The number of piperazine rings is 1. The minimum atomic E-state index is -3.58. The number of amides is 2. The van der Waals surface area contributed by atoms with Crippen molar-refractivity contribution >= 4 is 45.2 Å². The highest BCUT2D eigenvalue weighted by Crippen LogP contribution is 2.28. The topological polar surface area (TPSA) is 78.0 Å². The van der Waals surface area contributed by atoms with Gasteiger partial charge < -0.3 is 9.80 Å². The number of carbonyl (C=O) groups excluding carboxylic acids is 2. The standard InChI is InChI=1S/C23H24ClN3O4S/c24-19-6-8-20(9-7-19)27-12-10-21(23(27)29)22(28)25-13-15-26(16-14-25)32(30,31)17-11-18-4-2-1-3-5-18/h1-9,11,17,21H,10,12-16H2/b17-11+. The lowest BCUT2D eigenvalue weighted by atomic mass is 10.1. The fourth-order valence-electron chi connectivity index (χ4n) is 3.98. The summed E-state index contributed by atoms with van der Waals surface area (Å²) < 4.78 is 26.6. The lowest BCUT2D eigenvalue weighted by Gasteiger charge is -2.34. The first kappa shape index (κ1) is 22.5. The normalized spacial score (nSPS) is 20.3. The van der Waals surface area contributed by atoms with Crippen molar-refractivity contribution in [3.63, 3.8) is 0 Å². The summed E-state index contributed by atoms with van der Waals surface area (Å²) in [5, 5.41) is 1.78. The van der Waals surface area contributed by atoms with Crippen molar-refractivity contribution < 1.29 is 18.0 Å². The van der Waals surface area contributed by atoms with Gasteiger partial charge in [-0.1, -0.05) is 41.9 Å². The zero-order chi connectivity index (χ0) is 22.7. The summed E-state index contributed by atoms with van der Waals surface area (Å²) in [4.78, 5) is 29.0. The van der Waals surface area contributed by atoms with Crippen molar-refractivity contribution in [1.82, 2.24) is 9.21 Å². The molecule has 1 unspecified atom stereocenters. The summed E-state index contributed by atoms with van der Waals surface area (Å²) in [6.07, 6.45) is 2.01. The van der Waals surface area contributed by atoms with Crippen LogP contribution >= 0.6 is 11.6 Å². The van der Waals surface area contributed by atoms with E-state index in [0.717, 1.165) is 11.3 Å². The molecule has 0 saturated carbocycles. The van der Waals surface area contributed by atoms with Crippen LogP contribution in [0.4, 0.5) is 5.69 Å². The van der Waals surface area contributed by atoms with Crippen molar-refractivity contribution in [3.8, 4) is 0 Å². The van der Waals surface area contributed by atoms with Crippen molar-refractivity contribution in [2.75, 3.05) is 37.6 Å². The largest absolute Gasteiger partial charge is 0.339 e. The summed E-state index contributed by atoms with van der Waals surface area (Å²) in [7, 11) is -3.58. The molecule has 2 amide bonds. The van der Waals surface area contributed by atoms with Gasteiger partial charge in [0.25, 0.3) is 0 Å². The Bertz CT molecular complexity index is 1110. The maximum Gasteiger partial charge on any atom is 0.239 e. The highest BCUT2D eigenvalue weighted by atomic mass is 35.5. The Kier molecular flexibility index (Phi) is 6.64. The second kappa shape index (κ2) is 9.44. The quantitative estimate of drug-likeness (QED) is 0.625. The zero-order valence-corrected chi connectivity index (χ0v) is 19.0. The van der Waals surface area contributed by atoms with E-state index in [9.17, 15) is 18.0 Å². The van der Waals surface area contributed by atoms with Crippen LogP contribution in [0.1, 0.15) is 12.0 Å². The summed E-state index contributed by atoms with van der Waals surface area (Å²) >= 11 is 5.91. The Balaban J connectivity index is 1.35. The summed E-state index contributed by atoms with van der Waals surface area (Å²) in [5.41, 5.74) is 1.52. The van der Waals surface area contributed by atoms with Crippen LogP contribution in [0.5, 0.6) is 0 Å². The van der Waals surface area contributed by atoms with Crippen molar-refractivity contribution in [3.05, 3.63) is 70.6 Å². The van der Waals surface area contributed by atoms with E-state index >= 15 is 0 Å². The minimum Gasteiger partial charge on any atom is -0.339 e. The molecule has 7 nitrogen and oxygen atoms in total. The van der Waals surface area contributed by atoms with E-state index in [2.05, 4.69) is 0 Å². The first-order valence-electron chi connectivity index (χ1n) is 10.4. The molecule has 2 aliphatic heterocycles. The maximum atomic E-state index is 13.0. The molecule has 9 heteroatoms. The number of hydrogen-bond donors (Lipinski definition) is 0. The van der Waals surface area contributed by atoms with Crippen LogP contribution in [0.3, 0.4) is 0 Å². The summed E-state index contributed by atoms with van der Waals surface area (Å²) in [6, 6.07) is 16.2. The van der Waals surface area contributed by atoms with Gasteiger partial charge in [-0.15, -0.1) is 0 Å².